The van der Waals surface area contributed by atoms with Crippen molar-refractivity contribution in [3.63, 3.8) is 0 Å². The van der Waals surface area contributed by atoms with Crippen LogP contribution in [0.1, 0.15) is 38.3 Å². The molecular formula is C13H22N2O. The third-order valence-corrected chi connectivity index (χ3v) is 2.50. The highest BCUT2D eigenvalue weighted by Gasteiger charge is 1.96. The standard InChI is InChI=1S/C13H22N2O/c1-3-4-5-6-9-16-11-13-10-12(14-2)7-8-15-13/h7-8,10H,3-6,9,11H2,1-2H3,(H,14,15). The molecule has 90 valence electrons. The van der Waals surface area contributed by atoms with Crippen molar-refractivity contribution in [3.05, 3.63) is 24.0 Å². The summed E-state index contributed by atoms with van der Waals surface area (Å²) in [6, 6.07) is 3.97. The first kappa shape index (κ1) is 13.0. The van der Waals surface area contributed by atoms with Crippen LogP contribution in [0.25, 0.3) is 0 Å². The maximum atomic E-state index is 5.58. The van der Waals surface area contributed by atoms with E-state index in [4.69, 9.17) is 4.74 Å². The van der Waals surface area contributed by atoms with Crippen molar-refractivity contribution < 1.29 is 4.74 Å². The van der Waals surface area contributed by atoms with Crippen LogP contribution in [0, 0.1) is 0 Å². The van der Waals surface area contributed by atoms with Gasteiger partial charge in [-0.3, -0.25) is 4.98 Å². The van der Waals surface area contributed by atoms with Gasteiger partial charge < -0.3 is 10.1 Å². The predicted octanol–water partition coefficient (Wildman–Crippen LogP) is 3.22. The third-order valence-electron chi connectivity index (χ3n) is 2.50. The molecule has 1 aromatic heterocycles. The number of hydrogen-bond donors (Lipinski definition) is 1. The second kappa shape index (κ2) is 8.11. The molecule has 0 saturated heterocycles. The summed E-state index contributed by atoms with van der Waals surface area (Å²) in [6.45, 7) is 3.67. The van der Waals surface area contributed by atoms with E-state index in [1.54, 1.807) is 0 Å². The lowest BCUT2D eigenvalue weighted by atomic mass is 10.2. The topological polar surface area (TPSA) is 34.1 Å². The average Bonchev–Trinajstić information content (AvgIpc) is 2.34. The Balaban J connectivity index is 2.16. The maximum absolute atomic E-state index is 5.58. The highest BCUT2D eigenvalue weighted by molar-refractivity contribution is 5.42. The quantitative estimate of drug-likeness (QED) is 0.686. The van der Waals surface area contributed by atoms with Gasteiger partial charge in [-0.15, -0.1) is 0 Å². The van der Waals surface area contributed by atoms with Crippen molar-refractivity contribution in [1.29, 1.82) is 0 Å². The van der Waals surface area contributed by atoms with Crippen molar-refractivity contribution >= 4 is 5.69 Å². The Morgan fingerprint density at radius 1 is 1.31 bits per heavy atom. The van der Waals surface area contributed by atoms with E-state index in [9.17, 15) is 0 Å². The Bertz CT molecular complexity index is 289. The first-order valence-corrected chi connectivity index (χ1v) is 6.07. The summed E-state index contributed by atoms with van der Waals surface area (Å²) in [5.41, 5.74) is 2.07. The molecule has 0 spiro atoms. The SMILES string of the molecule is CCCCCCOCc1cc(NC)ccn1. The van der Waals surface area contributed by atoms with E-state index in [-0.39, 0.29) is 0 Å². The van der Waals surface area contributed by atoms with E-state index in [0.29, 0.717) is 6.61 Å². The second-order valence-corrected chi connectivity index (χ2v) is 3.90. The van der Waals surface area contributed by atoms with Gasteiger partial charge in [-0.25, -0.2) is 0 Å². The molecule has 0 atom stereocenters. The van der Waals surface area contributed by atoms with Crippen LogP contribution in [-0.4, -0.2) is 18.6 Å². The van der Waals surface area contributed by atoms with Crippen LogP contribution in [0.4, 0.5) is 5.69 Å². The number of nitrogens with one attached hydrogen (secondary N) is 1. The lowest BCUT2D eigenvalue weighted by Gasteiger charge is -2.05. The number of unbranched alkanes of at least 4 members (excludes halogenated alkanes) is 3. The Kier molecular flexibility index (Phi) is 6.58. The lowest BCUT2D eigenvalue weighted by molar-refractivity contribution is 0.114. The molecule has 1 aromatic rings. The van der Waals surface area contributed by atoms with Gasteiger partial charge >= 0.3 is 0 Å². The van der Waals surface area contributed by atoms with E-state index < -0.39 is 0 Å². The van der Waals surface area contributed by atoms with Crippen LogP contribution in [0.3, 0.4) is 0 Å². The van der Waals surface area contributed by atoms with Gasteiger partial charge in [0.25, 0.3) is 0 Å². The fourth-order valence-electron chi connectivity index (χ4n) is 1.52. The fourth-order valence-corrected chi connectivity index (χ4v) is 1.52. The molecule has 0 aromatic carbocycles. The minimum Gasteiger partial charge on any atom is -0.388 e. The lowest BCUT2D eigenvalue weighted by Crippen LogP contribution is -1.99. The first-order valence-electron chi connectivity index (χ1n) is 6.07. The monoisotopic (exact) mass is 222 g/mol. The molecule has 0 radical (unpaired) electrons. The molecule has 1 rings (SSSR count). The smallest absolute Gasteiger partial charge is 0.0888 e. The van der Waals surface area contributed by atoms with Gasteiger partial charge in [-0.05, 0) is 18.6 Å². The third kappa shape index (κ3) is 5.12. The number of ether oxygens (including phenoxy) is 1. The van der Waals surface area contributed by atoms with Crippen LogP contribution >= 0.6 is 0 Å². The van der Waals surface area contributed by atoms with Crippen molar-refractivity contribution in [2.45, 2.75) is 39.2 Å². The largest absolute Gasteiger partial charge is 0.388 e. The van der Waals surface area contributed by atoms with Gasteiger partial charge in [0.05, 0.1) is 12.3 Å². The number of hydrogen-bond acceptors (Lipinski definition) is 3. The Labute approximate surface area is 98.2 Å². The zero-order valence-corrected chi connectivity index (χ0v) is 10.3. The van der Waals surface area contributed by atoms with Crippen LogP contribution in [0.15, 0.2) is 18.3 Å². The molecule has 3 heteroatoms. The van der Waals surface area contributed by atoms with E-state index >= 15 is 0 Å². The number of pyridine rings is 1. The van der Waals surface area contributed by atoms with Gasteiger partial charge in [-0.1, -0.05) is 26.2 Å². The second-order valence-electron chi connectivity index (χ2n) is 3.90. The average molecular weight is 222 g/mol. The molecule has 0 aliphatic heterocycles. The van der Waals surface area contributed by atoms with E-state index in [1.165, 1.54) is 19.3 Å². The van der Waals surface area contributed by atoms with E-state index in [0.717, 1.165) is 24.4 Å². The molecule has 0 unspecified atom stereocenters. The normalized spacial score (nSPS) is 10.4. The molecule has 1 heterocycles. The summed E-state index contributed by atoms with van der Waals surface area (Å²) in [5, 5.41) is 3.09. The fraction of sp³-hybridized carbons (Fsp3) is 0.615. The summed E-state index contributed by atoms with van der Waals surface area (Å²) in [7, 11) is 1.91. The van der Waals surface area contributed by atoms with Gasteiger partial charge in [0.1, 0.15) is 0 Å². The maximum Gasteiger partial charge on any atom is 0.0888 e. The zero-order valence-electron chi connectivity index (χ0n) is 10.3. The van der Waals surface area contributed by atoms with Gasteiger partial charge in [0, 0.05) is 25.5 Å². The highest BCUT2D eigenvalue weighted by Crippen LogP contribution is 2.08. The van der Waals surface area contributed by atoms with Gasteiger partial charge in [0.15, 0.2) is 0 Å². The number of anilines is 1. The van der Waals surface area contributed by atoms with Crippen LogP contribution < -0.4 is 5.32 Å². The first-order chi connectivity index (χ1) is 7.86. The number of rotatable bonds is 8. The van der Waals surface area contributed by atoms with E-state index in [2.05, 4.69) is 17.2 Å². The molecule has 0 amide bonds. The predicted molar refractivity (Wildman–Crippen MR) is 67.6 cm³/mol. The molecule has 0 bridgehead atoms. The summed E-state index contributed by atoms with van der Waals surface area (Å²) in [4.78, 5) is 4.26. The molecule has 0 saturated carbocycles. The minimum atomic E-state index is 0.613. The molecule has 0 fully saturated rings. The summed E-state index contributed by atoms with van der Waals surface area (Å²) >= 11 is 0. The zero-order chi connectivity index (χ0) is 11.6. The Morgan fingerprint density at radius 3 is 2.94 bits per heavy atom. The van der Waals surface area contributed by atoms with Crippen molar-refractivity contribution in [2.75, 3.05) is 19.0 Å². The van der Waals surface area contributed by atoms with Crippen LogP contribution in [0.5, 0.6) is 0 Å². The molecule has 1 N–H and O–H groups in total. The Morgan fingerprint density at radius 2 is 2.19 bits per heavy atom. The van der Waals surface area contributed by atoms with Gasteiger partial charge in [-0.2, -0.15) is 0 Å². The van der Waals surface area contributed by atoms with E-state index in [1.807, 2.05) is 25.4 Å². The van der Waals surface area contributed by atoms with Crippen molar-refractivity contribution in [1.82, 2.24) is 4.98 Å². The Hall–Kier alpha value is -1.09. The summed E-state index contributed by atoms with van der Waals surface area (Å²) in [5.74, 6) is 0. The molecule has 0 aliphatic carbocycles. The molecule has 0 aliphatic rings. The highest BCUT2D eigenvalue weighted by atomic mass is 16.5. The minimum absolute atomic E-state index is 0.613. The molecule has 3 nitrogen and oxygen atoms in total. The summed E-state index contributed by atoms with van der Waals surface area (Å²) < 4.78 is 5.58. The van der Waals surface area contributed by atoms with Crippen molar-refractivity contribution in [3.8, 4) is 0 Å². The molecule has 16 heavy (non-hydrogen) atoms. The number of aromatic nitrogens is 1. The van der Waals surface area contributed by atoms with Crippen LogP contribution in [0.2, 0.25) is 0 Å². The molecular weight excluding hydrogens is 200 g/mol. The number of nitrogens with zero attached hydrogens (tertiary/aromatic N) is 1. The summed E-state index contributed by atoms with van der Waals surface area (Å²) in [6.07, 6.45) is 6.80. The van der Waals surface area contributed by atoms with Gasteiger partial charge in [0.2, 0.25) is 0 Å². The van der Waals surface area contributed by atoms with Crippen LogP contribution in [-0.2, 0) is 11.3 Å². The van der Waals surface area contributed by atoms with Crippen molar-refractivity contribution in [2.24, 2.45) is 0 Å².